The second-order valence-corrected chi connectivity index (χ2v) is 5.22. The Morgan fingerprint density at radius 1 is 1.58 bits per heavy atom. The Hall–Kier alpha value is -1.82. The fourth-order valence-corrected chi connectivity index (χ4v) is 2.11. The van der Waals surface area contributed by atoms with Gasteiger partial charge in [0.15, 0.2) is 0 Å². The smallest absolute Gasteiger partial charge is 0.311 e. The molecule has 0 unspecified atom stereocenters. The molecule has 1 aromatic rings. The summed E-state index contributed by atoms with van der Waals surface area (Å²) in [7, 11) is 0. The maximum Gasteiger partial charge on any atom is 0.311 e. The van der Waals surface area contributed by atoms with Gasteiger partial charge in [-0.1, -0.05) is 11.6 Å². The van der Waals surface area contributed by atoms with Crippen LogP contribution in [-0.2, 0) is 4.79 Å². The molecule has 1 fully saturated rings. The number of nitrogens with zero attached hydrogens (tertiary/aromatic N) is 1. The van der Waals surface area contributed by atoms with E-state index in [1.54, 1.807) is 6.92 Å². The number of aliphatic carboxylic acids is 1. The first kappa shape index (κ1) is 13.6. The number of carbonyl (C=O) groups is 1. The van der Waals surface area contributed by atoms with Crippen LogP contribution in [0.4, 0.5) is 11.4 Å². The lowest BCUT2D eigenvalue weighted by molar-refractivity contribution is -0.384. The Balaban J connectivity index is 2.16. The second-order valence-electron chi connectivity index (χ2n) is 4.81. The summed E-state index contributed by atoms with van der Waals surface area (Å²) < 4.78 is 0. The Kier molecular flexibility index (Phi) is 3.36. The quantitative estimate of drug-likeness (QED) is 0.640. The molecule has 0 radical (unpaired) electrons. The summed E-state index contributed by atoms with van der Waals surface area (Å²) in [5.41, 5.74) is 0.449. The SMILES string of the molecule is Cc1cc([N+](=O)[O-])c(Cl)cc1NCC1(C(=O)O)CC1. The summed E-state index contributed by atoms with van der Waals surface area (Å²) in [6.07, 6.45) is 1.30. The average Bonchev–Trinajstić information content (AvgIpc) is 3.10. The van der Waals surface area contributed by atoms with Crippen molar-refractivity contribution in [1.82, 2.24) is 0 Å². The summed E-state index contributed by atoms with van der Waals surface area (Å²) in [6, 6.07) is 2.85. The van der Waals surface area contributed by atoms with E-state index in [4.69, 9.17) is 16.7 Å². The summed E-state index contributed by atoms with van der Waals surface area (Å²) in [5.74, 6) is -0.814. The van der Waals surface area contributed by atoms with E-state index in [0.29, 0.717) is 30.6 Å². The normalized spacial score (nSPS) is 15.9. The number of hydrogen-bond donors (Lipinski definition) is 2. The number of rotatable bonds is 5. The zero-order chi connectivity index (χ0) is 14.2. The van der Waals surface area contributed by atoms with Crippen LogP contribution in [0.3, 0.4) is 0 Å². The summed E-state index contributed by atoms with van der Waals surface area (Å²) in [5, 5.41) is 22.8. The molecule has 2 rings (SSSR count). The number of hydrogen-bond acceptors (Lipinski definition) is 4. The third-order valence-corrected chi connectivity index (χ3v) is 3.72. The lowest BCUT2D eigenvalue weighted by atomic mass is 10.1. The van der Waals surface area contributed by atoms with Gasteiger partial charge in [-0.3, -0.25) is 14.9 Å². The number of carboxylic acids is 1. The summed E-state index contributed by atoms with van der Waals surface area (Å²) in [6.45, 7) is 2.02. The van der Waals surface area contributed by atoms with Gasteiger partial charge < -0.3 is 10.4 Å². The van der Waals surface area contributed by atoms with Crippen molar-refractivity contribution in [2.45, 2.75) is 19.8 Å². The van der Waals surface area contributed by atoms with Crippen molar-refractivity contribution in [2.24, 2.45) is 5.41 Å². The highest BCUT2D eigenvalue weighted by Gasteiger charge is 2.50. The highest BCUT2D eigenvalue weighted by atomic mass is 35.5. The van der Waals surface area contributed by atoms with E-state index in [0.717, 1.165) is 0 Å². The molecule has 1 aliphatic carbocycles. The van der Waals surface area contributed by atoms with Crippen LogP contribution in [0.25, 0.3) is 0 Å². The van der Waals surface area contributed by atoms with Crippen molar-refractivity contribution in [3.63, 3.8) is 0 Å². The van der Waals surface area contributed by atoms with Gasteiger partial charge in [-0.25, -0.2) is 0 Å². The number of benzene rings is 1. The number of nitro benzene ring substituents is 1. The first-order chi connectivity index (χ1) is 8.85. The van der Waals surface area contributed by atoms with Crippen LogP contribution in [0, 0.1) is 22.5 Å². The number of nitrogens with one attached hydrogen (secondary N) is 1. The molecule has 2 N–H and O–H groups in total. The number of aryl methyl sites for hydroxylation is 1. The van der Waals surface area contributed by atoms with E-state index >= 15 is 0 Å². The highest BCUT2D eigenvalue weighted by molar-refractivity contribution is 6.33. The van der Waals surface area contributed by atoms with Gasteiger partial charge >= 0.3 is 5.97 Å². The molecule has 0 atom stereocenters. The molecule has 1 aliphatic rings. The van der Waals surface area contributed by atoms with Crippen LogP contribution in [0.2, 0.25) is 5.02 Å². The zero-order valence-corrected chi connectivity index (χ0v) is 11.0. The Bertz CT molecular complexity index is 555. The predicted octanol–water partition coefficient (Wildman–Crippen LogP) is 2.83. The molecule has 0 spiro atoms. The van der Waals surface area contributed by atoms with E-state index < -0.39 is 16.3 Å². The molecule has 0 amide bonds. The number of halogens is 1. The van der Waals surface area contributed by atoms with Crippen molar-refractivity contribution in [2.75, 3.05) is 11.9 Å². The fourth-order valence-electron chi connectivity index (χ4n) is 1.88. The van der Waals surface area contributed by atoms with Gasteiger partial charge in [0, 0.05) is 18.3 Å². The molecule has 19 heavy (non-hydrogen) atoms. The van der Waals surface area contributed by atoms with E-state index in [1.165, 1.54) is 12.1 Å². The van der Waals surface area contributed by atoms with Gasteiger partial charge in [-0.2, -0.15) is 0 Å². The van der Waals surface area contributed by atoms with Crippen LogP contribution >= 0.6 is 11.6 Å². The highest BCUT2D eigenvalue weighted by Crippen LogP contribution is 2.46. The summed E-state index contributed by atoms with van der Waals surface area (Å²) in [4.78, 5) is 21.2. The van der Waals surface area contributed by atoms with Gasteiger partial charge in [0.25, 0.3) is 5.69 Å². The maximum atomic E-state index is 11.0. The molecule has 0 bridgehead atoms. The predicted molar refractivity (Wildman–Crippen MR) is 70.6 cm³/mol. The molecule has 1 saturated carbocycles. The number of anilines is 1. The topological polar surface area (TPSA) is 92.5 Å². The molecule has 1 aromatic carbocycles. The van der Waals surface area contributed by atoms with E-state index in [-0.39, 0.29) is 10.7 Å². The molecular formula is C12H13ClN2O4. The van der Waals surface area contributed by atoms with Crippen molar-refractivity contribution in [1.29, 1.82) is 0 Å². The number of nitro groups is 1. The first-order valence-electron chi connectivity index (χ1n) is 5.77. The fraction of sp³-hybridized carbons (Fsp3) is 0.417. The molecule has 7 heteroatoms. The van der Waals surface area contributed by atoms with Crippen LogP contribution in [0.1, 0.15) is 18.4 Å². The minimum absolute atomic E-state index is 0.0401. The second kappa shape index (κ2) is 4.70. The molecule has 0 saturated heterocycles. The first-order valence-corrected chi connectivity index (χ1v) is 6.15. The standard InChI is InChI=1S/C12H13ClN2O4/c1-7-4-10(15(18)19)8(13)5-9(7)14-6-12(2-3-12)11(16)17/h4-5,14H,2-3,6H2,1H3,(H,16,17). The third-order valence-electron chi connectivity index (χ3n) is 3.41. The summed E-state index contributed by atoms with van der Waals surface area (Å²) >= 11 is 5.83. The molecule has 0 heterocycles. The lowest BCUT2D eigenvalue weighted by Gasteiger charge is -2.14. The molecule has 102 valence electrons. The maximum absolute atomic E-state index is 11.0. The molecule has 0 aliphatic heterocycles. The van der Waals surface area contributed by atoms with E-state index in [2.05, 4.69) is 5.32 Å². The third kappa shape index (κ3) is 2.63. The van der Waals surface area contributed by atoms with Gasteiger partial charge in [0.1, 0.15) is 5.02 Å². The van der Waals surface area contributed by atoms with Gasteiger partial charge in [0.2, 0.25) is 0 Å². The van der Waals surface area contributed by atoms with Crippen molar-refractivity contribution in [3.05, 3.63) is 32.8 Å². The van der Waals surface area contributed by atoms with Crippen LogP contribution < -0.4 is 5.32 Å². The average molecular weight is 285 g/mol. The van der Waals surface area contributed by atoms with Crippen LogP contribution in [0.15, 0.2) is 12.1 Å². The van der Waals surface area contributed by atoms with Crippen LogP contribution in [0.5, 0.6) is 0 Å². The van der Waals surface area contributed by atoms with Crippen molar-refractivity contribution in [3.8, 4) is 0 Å². The Morgan fingerprint density at radius 2 is 2.21 bits per heavy atom. The monoisotopic (exact) mass is 284 g/mol. The van der Waals surface area contributed by atoms with Gasteiger partial charge in [0.05, 0.1) is 10.3 Å². The Morgan fingerprint density at radius 3 is 2.68 bits per heavy atom. The van der Waals surface area contributed by atoms with Crippen LogP contribution in [-0.4, -0.2) is 22.5 Å². The van der Waals surface area contributed by atoms with Gasteiger partial charge in [-0.15, -0.1) is 0 Å². The largest absolute Gasteiger partial charge is 0.481 e. The zero-order valence-electron chi connectivity index (χ0n) is 10.3. The molecular weight excluding hydrogens is 272 g/mol. The minimum atomic E-state index is -0.814. The minimum Gasteiger partial charge on any atom is -0.481 e. The molecule has 0 aromatic heterocycles. The van der Waals surface area contributed by atoms with E-state index in [9.17, 15) is 14.9 Å². The number of carboxylic acid groups (broad SMARTS) is 1. The van der Waals surface area contributed by atoms with Gasteiger partial charge in [-0.05, 0) is 31.4 Å². The molecule has 6 nitrogen and oxygen atoms in total. The lowest BCUT2D eigenvalue weighted by Crippen LogP contribution is -2.24. The Labute approximate surface area is 114 Å². The van der Waals surface area contributed by atoms with Crippen molar-refractivity contribution < 1.29 is 14.8 Å². The van der Waals surface area contributed by atoms with Crippen molar-refractivity contribution >= 4 is 28.9 Å². The van der Waals surface area contributed by atoms with E-state index in [1.807, 2.05) is 0 Å².